The zero-order valence-electron chi connectivity index (χ0n) is 33.3. The van der Waals surface area contributed by atoms with Gasteiger partial charge in [0.05, 0.1) is 46.7 Å². The number of carboxylic acid groups (broad SMARTS) is 1. The summed E-state index contributed by atoms with van der Waals surface area (Å²) in [4.78, 5) is 36.7. The van der Waals surface area contributed by atoms with E-state index in [9.17, 15) is 19.5 Å². The monoisotopic (exact) mass is 740 g/mol. The molecular weight excluding hydrogens is 670 g/mol. The van der Waals surface area contributed by atoms with Crippen LogP contribution in [0.1, 0.15) is 104 Å². The second-order valence-corrected chi connectivity index (χ2v) is 13.5. The van der Waals surface area contributed by atoms with Crippen LogP contribution in [0.3, 0.4) is 0 Å². The normalized spacial score (nSPS) is 14.1. The van der Waals surface area contributed by atoms with Crippen LogP contribution in [0, 0.1) is 0 Å². The largest absolute Gasteiger partial charge is 0.545 e. The second-order valence-electron chi connectivity index (χ2n) is 13.5. The summed E-state index contributed by atoms with van der Waals surface area (Å²) in [6, 6.07) is 0. The molecule has 9 heteroatoms. The summed E-state index contributed by atoms with van der Waals surface area (Å²) in [6.45, 7) is 4.30. The number of quaternary nitrogens is 1. The fourth-order valence-electron chi connectivity index (χ4n) is 4.39. The number of likely N-dealkylation sites (N-methyl/N-ethyl adjacent to an activating group) is 1. The van der Waals surface area contributed by atoms with Crippen molar-refractivity contribution in [2.75, 3.05) is 47.5 Å². The zero-order chi connectivity index (χ0) is 39.3. The Labute approximate surface area is 321 Å². The maximum atomic E-state index is 12.6. The highest BCUT2D eigenvalue weighted by Crippen LogP contribution is 2.08. The summed E-state index contributed by atoms with van der Waals surface area (Å²) in [7, 11) is 5.85. The number of carbonyl (C=O) groups excluding carboxylic acids is 3. The van der Waals surface area contributed by atoms with E-state index in [1.165, 1.54) is 0 Å². The molecule has 2 atom stereocenters. The summed E-state index contributed by atoms with van der Waals surface area (Å²) < 4.78 is 22.3. The average molecular weight is 740 g/mol. The SMILES string of the molecule is CC/C=C\C/C=C\C/C=C\C/C=C\C/C=C\CC(=O)OC(COC(=O)CCCCC/C=C\C/C=C\C/C=C\CC)COC(OCC[N+](C)(C)C)C(=O)[O-]. The first-order valence-corrected chi connectivity index (χ1v) is 19.4. The first-order chi connectivity index (χ1) is 25.6. The summed E-state index contributed by atoms with van der Waals surface area (Å²) in [5, 5.41) is 11.6. The van der Waals surface area contributed by atoms with Gasteiger partial charge < -0.3 is 33.3 Å². The molecule has 53 heavy (non-hydrogen) atoms. The number of carboxylic acids is 1. The van der Waals surface area contributed by atoms with Crippen LogP contribution >= 0.6 is 0 Å². The number of nitrogens with zero attached hydrogens (tertiary/aromatic N) is 1. The fourth-order valence-corrected chi connectivity index (χ4v) is 4.39. The Morgan fingerprint density at radius 3 is 1.57 bits per heavy atom. The molecule has 0 amide bonds. The third kappa shape index (κ3) is 36.4. The number of rotatable bonds is 33. The lowest BCUT2D eigenvalue weighted by Crippen LogP contribution is -2.44. The third-order valence-corrected chi connectivity index (χ3v) is 7.36. The molecule has 0 fully saturated rings. The number of hydrogen-bond acceptors (Lipinski definition) is 8. The van der Waals surface area contributed by atoms with Crippen LogP contribution in [0.4, 0.5) is 0 Å². The lowest BCUT2D eigenvalue weighted by Gasteiger charge is -2.26. The first kappa shape index (κ1) is 49.2. The number of esters is 2. The standard InChI is InChI=1S/C44H69NO8/c1-6-8-10-12-14-16-18-20-21-23-25-27-29-31-33-35-42(47)53-40(39-52-44(43(48)49)50-37-36-45(3,4)5)38-51-41(46)34-32-30-28-26-24-22-19-17-15-13-11-9-7-2/h8-11,14-17,20-22,24-25,27,31,33,40,44H,6-7,12-13,18-19,23,26,28-30,32,34-39H2,1-5H3/b10-8-,11-9-,16-14-,17-15-,21-20-,24-22-,27-25-,33-31-. The molecule has 0 spiro atoms. The molecule has 0 aromatic rings. The van der Waals surface area contributed by atoms with Crippen molar-refractivity contribution in [2.45, 2.75) is 116 Å². The van der Waals surface area contributed by atoms with Gasteiger partial charge in [-0.25, -0.2) is 0 Å². The van der Waals surface area contributed by atoms with Crippen molar-refractivity contribution < 1.29 is 42.9 Å². The van der Waals surface area contributed by atoms with E-state index in [1.54, 1.807) is 6.08 Å². The van der Waals surface area contributed by atoms with Crippen molar-refractivity contribution in [3.8, 4) is 0 Å². The van der Waals surface area contributed by atoms with E-state index in [0.717, 1.165) is 64.2 Å². The van der Waals surface area contributed by atoms with Crippen LogP contribution in [-0.4, -0.2) is 82.3 Å². The maximum absolute atomic E-state index is 12.6. The quantitative estimate of drug-likeness (QED) is 0.0218. The number of aliphatic carboxylic acids is 1. The van der Waals surface area contributed by atoms with Gasteiger partial charge in [0, 0.05) is 6.42 Å². The van der Waals surface area contributed by atoms with Crippen molar-refractivity contribution in [1.82, 2.24) is 0 Å². The molecule has 0 aliphatic carbocycles. The molecule has 0 N–H and O–H groups in total. The molecular formula is C44H69NO8. The molecule has 0 bridgehead atoms. The molecule has 0 aromatic carbocycles. The molecule has 298 valence electrons. The average Bonchev–Trinajstić information content (AvgIpc) is 3.11. The van der Waals surface area contributed by atoms with Gasteiger partial charge in [-0.15, -0.1) is 0 Å². The molecule has 0 rings (SSSR count). The van der Waals surface area contributed by atoms with Crippen LogP contribution in [0.15, 0.2) is 97.2 Å². The highest BCUT2D eigenvalue weighted by atomic mass is 16.7. The van der Waals surface area contributed by atoms with Gasteiger partial charge in [-0.05, 0) is 70.6 Å². The van der Waals surface area contributed by atoms with Gasteiger partial charge >= 0.3 is 11.9 Å². The zero-order valence-corrected chi connectivity index (χ0v) is 33.3. The molecule has 9 nitrogen and oxygen atoms in total. The third-order valence-electron chi connectivity index (χ3n) is 7.36. The first-order valence-electron chi connectivity index (χ1n) is 19.4. The maximum Gasteiger partial charge on any atom is 0.310 e. The molecule has 0 saturated heterocycles. The predicted molar refractivity (Wildman–Crippen MR) is 214 cm³/mol. The van der Waals surface area contributed by atoms with Crippen molar-refractivity contribution in [3.63, 3.8) is 0 Å². The van der Waals surface area contributed by atoms with E-state index >= 15 is 0 Å². The number of unbranched alkanes of at least 4 members (excludes halogenated alkanes) is 3. The number of hydrogen-bond donors (Lipinski definition) is 0. The number of carbonyl (C=O) groups is 3. The second kappa shape index (κ2) is 35.3. The van der Waals surface area contributed by atoms with E-state index in [-0.39, 0.29) is 32.7 Å². The van der Waals surface area contributed by atoms with Gasteiger partial charge in [0.15, 0.2) is 12.4 Å². The van der Waals surface area contributed by atoms with Crippen molar-refractivity contribution >= 4 is 17.9 Å². The number of allylic oxidation sites excluding steroid dienone is 15. The van der Waals surface area contributed by atoms with Gasteiger partial charge in [0.1, 0.15) is 13.2 Å². The smallest absolute Gasteiger partial charge is 0.310 e. The molecule has 0 aromatic heterocycles. The van der Waals surface area contributed by atoms with Crippen LogP contribution in [0.25, 0.3) is 0 Å². The Kier molecular flexibility index (Phi) is 32.7. The minimum absolute atomic E-state index is 0.00290. The Bertz CT molecular complexity index is 1190. The van der Waals surface area contributed by atoms with Crippen molar-refractivity contribution in [2.24, 2.45) is 0 Å². The highest BCUT2D eigenvalue weighted by Gasteiger charge is 2.21. The molecule has 0 aliphatic rings. The minimum Gasteiger partial charge on any atom is -0.545 e. The Balaban J connectivity index is 4.76. The molecule has 0 radical (unpaired) electrons. The lowest BCUT2D eigenvalue weighted by molar-refractivity contribution is -0.870. The van der Waals surface area contributed by atoms with E-state index in [4.69, 9.17) is 18.9 Å². The van der Waals surface area contributed by atoms with E-state index in [1.807, 2.05) is 33.3 Å². The minimum atomic E-state index is -1.66. The van der Waals surface area contributed by atoms with Gasteiger partial charge in [0.25, 0.3) is 0 Å². The molecule has 0 saturated carbocycles. The summed E-state index contributed by atoms with van der Waals surface area (Å²) in [6.07, 6.45) is 41.9. The van der Waals surface area contributed by atoms with Gasteiger partial charge in [-0.1, -0.05) is 117 Å². The predicted octanol–water partition coefficient (Wildman–Crippen LogP) is 8.21. The molecule has 0 aliphatic heterocycles. The number of ether oxygens (including phenoxy) is 4. The van der Waals surface area contributed by atoms with Crippen molar-refractivity contribution in [1.29, 1.82) is 0 Å². The van der Waals surface area contributed by atoms with E-state index < -0.39 is 30.3 Å². The van der Waals surface area contributed by atoms with Crippen LogP contribution in [-0.2, 0) is 33.3 Å². The topological polar surface area (TPSA) is 111 Å². The fraction of sp³-hybridized carbons (Fsp3) is 0.568. The Morgan fingerprint density at radius 2 is 1.08 bits per heavy atom. The van der Waals surface area contributed by atoms with Gasteiger partial charge in [-0.3, -0.25) is 9.59 Å². The van der Waals surface area contributed by atoms with Crippen LogP contribution in [0.2, 0.25) is 0 Å². The Morgan fingerprint density at radius 1 is 0.585 bits per heavy atom. The van der Waals surface area contributed by atoms with E-state index in [2.05, 4.69) is 92.8 Å². The Hall–Kier alpha value is -3.79. The summed E-state index contributed by atoms with van der Waals surface area (Å²) >= 11 is 0. The van der Waals surface area contributed by atoms with Crippen LogP contribution in [0.5, 0.6) is 0 Å². The van der Waals surface area contributed by atoms with Gasteiger partial charge in [0.2, 0.25) is 0 Å². The van der Waals surface area contributed by atoms with Crippen molar-refractivity contribution in [3.05, 3.63) is 97.2 Å². The highest BCUT2D eigenvalue weighted by molar-refractivity contribution is 5.71. The molecule has 0 heterocycles. The summed E-state index contributed by atoms with van der Waals surface area (Å²) in [5.74, 6) is -2.51. The van der Waals surface area contributed by atoms with Crippen LogP contribution < -0.4 is 5.11 Å². The lowest BCUT2D eigenvalue weighted by atomic mass is 10.1. The van der Waals surface area contributed by atoms with Gasteiger partial charge in [-0.2, -0.15) is 0 Å². The summed E-state index contributed by atoms with van der Waals surface area (Å²) in [5.41, 5.74) is 0. The van der Waals surface area contributed by atoms with E-state index in [0.29, 0.717) is 23.9 Å². The molecule has 2 unspecified atom stereocenters.